The fourth-order valence-corrected chi connectivity index (χ4v) is 2.93. The van der Waals surface area contributed by atoms with Gasteiger partial charge >= 0.3 is 5.69 Å². The molecular weight excluding hydrogens is 409 g/mol. The molecule has 2 N–H and O–H groups in total. The van der Waals surface area contributed by atoms with Crippen molar-refractivity contribution in [1.82, 2.24) is 9.55 Å². The predicted molar refractivity (Wildman–Crippen MR) is 110 cm³/mol. The largest absolute Gasteiger partial charge is 0.494 e. The summed E-state index contributed by atoms with van der Waals surface area (Å²) in [6.07, 6.45) is 2.29. The Kier molecular flexibility index (Phi) is 6.26. The Morgan fingerprint density at radius 1 is 1.04 bits per heavy atom. The average Bonchev–Trinajstić information content (AvgIpc) is 2.64. The first-order valence-electron chi connectivity index (χ1n) is 8.15. The quantitative estimate of drug-likeness (QED) is 0.570. The maximum absolute atomic E-state index is 12.1. The number of halogens is 3. The van der Waals surface area contributed by atoms with E-state index in [0.29, 0.717) is 40.2 Å². The smallest absolute Gasteiger partial charge is 0.349 e. The third-order valence-electron chi connectivity index (χ3n) is 3.88. The molecule has 5 nitrogen and oxygen atoms in total. The number of hydrogen-bond acceptors (Lipinski definition) is 4. The van der Waals surface area contributed by atoms with Gasteiger partial charge in [-0.3, -0.25) is 4.57 Å². The fraction of sp³-hybridized carbons (Fsp3) is 0.158. The van der Waals surface area contributed by atoms with Crippen molar-refractivity contribution in [3.05, 3.63) is 74.2 Å². The van der Waals surface area contributed by atoms with Crippen LogP contribution in [0.15, 0.2) is 53.5 Å². The average molecular weight is 425 g/mol. The lowest BCUT2D eigenvalue weighted by Crippen LogP contribution is -2.25. The van der Waals surface area contributed by atoms with Crippen molar-refractivity contribution in [3.63, 3.8) is 0 Å². The number of aromatic nitrogens is 2. The van der Waals surface area contributed by atoms with Crippen LogP contribution in [0, 0.1) is 0 Å². The molecule has 0 saturated heterocycles. The highest BCUT2D eigenvalue weighted by atomic mass is 35.5. The predicted octanol–water partition coefficient (Wildman–Crippen LogP) is 4.92. The molecule has 1 heterocycles. The second kappa shape index (κ2) is 8.65. The molecule has 0 aliphatic carbocycles. The van der Waals surface area contributed by atoms with Crippen LogP contribution < -0.4 is 16.2 Å². The summed E-state index contributed by atoms with van der Waals surface area (Å²) in [6, 6.07) is 12.2. The second-order valence-corrected chi connectivity index (χ2v) is 7.05. The van der Waals surface area contributed by atoms with Crippen LogP contribution in [0.3, 0.4) is 0 Å². The zero-order chi connectivity index (χ0) is 19.4. The SMILES string of the molecule is Nc1nc(=O)n(CCCOc2ccc(Cl)cc2)cc1-c1ccc(Cl)c(Cl)c1. The number of benzene rings is 2. The van der Waals surface area contributed by atoms with Crippen LogP contribution in [0.5, 0.6) is 5.75 Å². The Morgan fingerprint density at radius 2 is 1.78 bits per heavy atom. The first-order valence-corrected chi connectivity index (χ1v) is 9.28. The molecule has 2 aromatic carbocycles. The number of nitrogens with two attached hydrogens (primary N) is 1. The highest BCUT2D eigenvalue weighted by molar-refractivity contribution is 6.42. The second-order valence-electron chi connectivity index (χ2n) is 5.80. The Balaban J connectivity index is 1.71. The number of nitrogens with zero attached hydrogens (tertiary/aromatic N) is 2. The topological polar surface area (TPSA) is 70.1 Å². The van der Waals surface area contributed by atoms with Crippen molar-refractivity contribution in [1.29, 1.82) is 0 Å². The van der Waals surface area contributed by atoms with Gasteiger partial charge in [0.1, 0.15) is 11.6 Å². The Morgan fingerprint density at radius 3 is 2.48 bits per heavy atom. The van der Waals surface area contributed by atoms with Gasteiger partial charge in [-0.2, -0.15) is 4.98 Å². The molecule has 0 aliphatic heterocycles. The van der Waals surface area contributed by atoms with Gasteiger partial charge in [0.05, 0.1) is 16.7 Å². The Bertz CT molecular complexity index is 1000. The number of aryl methyl sites for hydroxylation is 1. The van der Waals surface area contributed by atoms with Crippen molar-refractivity contribution in [3.8, 4) is 16.9 Å². The van der Waals surface area contributed by atoms with Crippen LogP contribution in [0.25, 0.3) is 11.1 Å². The minimum absolute atomic E-state index is 0.145. The maximum atomic E-state index is 12.1. The van der Waals surface area contributed by atoms with Gasteiger partial charge in [-0.15, -0.1) is 0 Å². The zero-order valence-electron chi connectivity index (χ0n) is 14.2. The molecule has 0 aliphatic rings. The van der Waals surface area contributed by atoms with Crippen molar-refractivity contribution < 1.29 is 4.74 Å². The molecule has 3 aromatic rings. The Labute approximate surface area is 171 Å². The van der Waals surface area contributed by atoms with Crippen LogP contribution in [0.2, 0.25) is 15.1 Å². The van der Waals surface area contributed by atoms with Crippen molar-refractivity contribution >= 4 is 40.6 Å². The van der Waals surface area contributed by atoms with Gasteiger partial charge < -0.3 is 10.5 Å². The molecule has 1 aromatic heterocycles. The Hall–Kier alpha value is -2.21. The van der Waals surface area contributed by atoms with E-state index >= 15 is 0 Å². The van der Waals surface area contributed by atoms with Gasteiger partial charge in [-0.05, 0) is 48.4 Å². The fourth-order valence-electron chi connectivity index (χ4n) is 2.51. The summed E-state index contributed by atoms with van der Waals surface area (Å²) < 4.78 is 7.14. The van der Waals surface area contributed by atoms with Crippen molar-refractivity contribution in [2.45, 2.75) is 13.0 Å². The number of rotatable bonds is 6. The van der Waals surface area contributed by atoms with E-state index in [1.54, 1.807) is 48.7 Å². The molecule has 0 bridgehead atoms. The van der Waals surface area contributed by atoms with Crippen LogP contribution in [0.4, 0.5) is 5.82 Å². The van der Waals surface area contributed by atoms with E-state index in [1.165, 1.54) is 4.57 Å². The minimum atomic E-state index is -0.414. The third kappa shape index (κ3) is 4.95. The molecule has 3 rings (SSSR count). The number of nitrogen functional groups attached to an aromatic ring is 1. The number of hydrogen-bond donors (Lipinski definition) is 1. The van der Waals surface area contributed by atoms with E-state index in [-0.39, 0.29) is 5.82 Å². The summed E-state index contributed by atoms with van der Waals surface area (Å²) in [5.41, 5.74) is 6.86. The third-order valence-corrected chi connectivity index (χ3v) is 4.87. The maximum Gasteiger partial charge on any atom is 0.349 e. The van der Waals surface area contributed by atoms with Gasteiger partial charge in [0, 0.05) is 23.3 Å². The molecule has 0 atom stereocenters. The highest BCUT2D eigenvalue weighted by Gasteiger charge is 2.10. The summed E-state index contributed by atoms with van der Waals surface area (Å²) in [5.74, 6) is 0.866. The van der Waals surface area contributed by atoms with E-state index < -0.39 is 5.69 Å². The molecule has 0 radical (unpaired) electrons. The van der Waals surface area contributed by atoms with E-state index in [1.807, 2.05) is 0 Å². The molecule has 0 fully saturated rings. The summed E-state index contributed by atoms with van der Waals surface area (Å²) in [7, 11) is 0. The van der Waals surface area contributed by atoms with Crippen molar-refractivity contribution in [2.24, 2.45) is 0 Å². The number of anilines is 1. The van der Waals surface area contributed by atoms with Crippen LogP contribution in [0.1, 0.15) is 6.42 Å². The lowest BCUT2D eigenvalue weighted by Gasteiger charge is -2.11. The molecular formula is C19H16Cl3N3O2. The van der Waals surface area contributed by atoms with Gasteiger partial charge in [0.25, 0.3) is 0 Å². The van der Waals surface area contributed by atoms with E-state index in [0.717, 1.165) is 11.3 Å². The summed E-state index contributed by atoms with van der Waals surface area (Å²) in [5, 5.41) is 1.50. The minimum Gasteiger partial charge on any atom is -0.494 e. The first kappa shape index (κ1) is 19.5. The molecule has 8 heteroatoms. The van der Waals surface area contributed by atoms with E-state index in [4.69, 9.17) is 45.3 Å². The van der Waals surface area contributed by atoms with Gasteiger partial charge in [0.15, 0.2) is 0 Å². The summed E-state index contributed by atoms with van der Waals surface area (Å²) >= 11 is 17.9. The van der Waals surface area contributed by atoms with Crippen LogP contribution in [-0.4, -0.2) is 16.2 Å². The molecule has 0 unspecified atom stereocenters. The lowest BCUT2D eigenvalue weighted by molar-refractivity contribution is 0.300. The van der Waals surface area contributed by atoms with Crippen LogP contribution in [-0.2, 0) is 6.54 Å². The monoisotopic (exact) mass is 423 g/mol. The lowest BCUT2D eigenvalue weighted by atomic mass is 10.1. The van der Waals surface area contributed by atoms with Crippen LogP contribution >= 0.6 is 34.8 Å². The van der Waals surface area contributed by atoms with Gasteiger partial charge in [0.2, 0.25) is 0 Å². The standard InChI is InChI=1S/C19H16Cl3N3O2/c20-13-3-5-14(6-4-13)27-9-1-8-25-11-15(18(23)24-19(25)26)12-2-7-16(21)17(22)10-12/h2-7,10-11H,1,8-9H2,(H2,23,24,26). The highest BCUT2D eigenvalue weighted by Crippen LogP contribution is 2.30. The van der Waals surface area contributed by atoms with Crippen molar-refractivity contribution in [2.75, 3.05) is 12.3 Å². The molecule has 140 valence electrons. The zero-order valence-corrected chi connectivity index (χ0v) is 16.4. The molecule has 27 heavy (non-hydrogen) atoms. The van der Waals surface area contributed by atoms with Gasteiger partial charge in [-0.1, -0.05) is 40.9 Å². The summed E-state index contributed by atoms with van der Waals surface area (Å²) in [6.45, 7) is 0.884. The number of ether oxygens (including phenoxy) is 1. The molecule has 0 saturated carbocycles. The van der Waals surface area contributed by atoms with Gasteiger partial charge in [-0.25, -0.2) is 4.79 Å². The first-order chi connectivity index (χ1) is 12.9. The summed E-state index contributed by atoms with van der Waals surface area (Å²) in [4.78, 5) is 16.0. The van der Waals surface area contributed by atoms with E-state index in [2.05, 4.69) is 4.98 Å². The van der Waals surface area contributed by atoms with E-state index in [9.17, 15) is 4.79 Å². The normalized spacial score (nSPS) is 10.8. The molecule has 0 spiro atoms. The molecule has 0 amide bonds.